The first kappa shape index (κ1) is 18.3. The Morgan fingerprint density at radius 1 is 1.05 bits per heavy atom. The second-order valence-corrected chi connectivity index (χ2v) is 5.15. The van der Waals surface area contributed by atoms with Crippen LogP contribution in [0.1, 0.15) is 24.5 Å². The standard InChI is InChI=1S/C17H29N3O2/c1-5-21-9-6-7-19-17(18-4)20-8-10-22-16-12-14(2)11-15(3)13-16/h11-13H,5-10H2,1-4H3,(H2,18,19,20). The number of ether oxygens (including phenoxy) is 2. The minimum absolute atomic E-state index is 0.600. The number of nitrogens with one attached hydrogen (secondary N) is 2. The van der Waals surface area contributed by atoms with E-state index in [4.69, 9.17) is 9.47 Å². The number of guanidine groups is 1. The maximum atomic E-state index is 5.75. The molecule has 5 nitrogen and oxygen atoms in total. The zero-order valence-electron chi connectivity index (χ0n) is 14.2. The molecule has 5 heteroatoms. The van der Waals surface area contributed by atoms with Gasteiger partial charge in [-0.2, -0.15) is 0 Å². The first-order valence-electron chi connectivity index (χ1n) is 7.89. The summed E-state index contributed by atoms with van der Waals surface area (Å²) in [4.78, 5) is 4.18. The van der Waals surface area contributed by atoms with Gasteiger partial charge in [0.25, 0.3) is 0 Å². The van der Waals surface area contributed by atoms with Crippen LogP contribution in [0.15, 0.2) is 23.2 Å². The molecule has 0 aliphatic carbocycles. The third-order valence-electron chi connectivity index (χ3n) is 3.04. The Labute approximate surface area is 134 Å². The van der Waals surface area contributed by atoms with Crippen LogP contribution < -0.4 is 15.4 Å². The molecular weight excluding hydrogens is 278 g/mol. The number of hydrogen-bond donors (Lipinski definition) is 2. The molecule has 0 heterocycles. The summed E-state index contributed by atoms with van der Waals surface area (Å²) in [5.74, 6) is 1.71. The summed E-state index contributed by atoms with van der Waals surface area (Å²) < 4.78 is 11.1. The summed E-state index contributed by atoms with van der Waals surface area (Å²) >= 11 is 0. The molecular formula is C17H29N3O2. The zero-order valence-corrected chi connectivity index (χ0v) is 14.2. The summed E-state index contributed by atoms with van der Waals surface area (Å²) in [5.41, 5.74) is 2.43. The fraction of sp³-hybridized carbons (Fsp3) is 0.588. The van der Waals surface area contributed by atoms with E-state index in [1.54, 1.807) is 7.05 Å². The molecule has 1 rings (SSSR count). The van der Waals surface area contributed by atoms with Gasteiger partial charge in [0.2, 0.25) is 0 Å². The molecule has 22 heavy (non-hydrogen) atoms. The smallest absolute Gasteiger partial charge is 0.191 e. The molecule has 0 aliphatic heterocycles. The van der Waals surface area contributed by atoms with Crippen molar-refractivity contribution in [2.45, 2.75) is 27.2 Å². The molecule has 0 spiro atoms. The lowest BCUT2D eigenvalue weighted by Gasteiger charge is -2.13. The van der Waals surface area contributed by atoms with E-state index < -0.39 is 0 Å². The number of nitrogens with zero attached hydrogens (tertiary/aromatic N) is 1. The molecule has 1 aromatic carbocycles. The largest absolute Gasteiger partial charge is 0.492 e. The second kappa shape index (κ2) is 10.9. The molecule has 0 amide bonds. The van der Waals surface area contributed by atoms with Crippen LogP contribution in [0.3, 0.4) is 0 Å². The van der Waals surface area contributed by atoms with Crippen molar-refractivity contribution in [3.05, 3.63) is 29.3 Å². The van der Waals surface area contributed by atoms with Crippen LogP contribution >= 0.6 is 0 Å². The predicted octanol–water partition coefficient (Wildman–Crippen LogP) is 2.27. The van der Waals surface area contributed by atoms with Gasteiger partial charge in [0.15, 0.2) is 5.96 Å². The summed E-state index contributed by atoms with van der Waals surface area (Å²) in [6.07, 6.45) is 0.966. The van der Waals surface area contributed by atoms with Gasteiger partial charge in [0, 0.05) is 26.8 Å². The Hall–Kier alpha value is -1.75. The van der Waals surface area contributed by atoms with Gasteiger partial charge < -0.3 is 20.1 Å². The van der Waals surface area contributed by atoms with Gasteiger partial charge in [-0.3, -0.25) is 4.99 Å². The number of hydrogen-bond acceptors (Lipinski definition) is 3. The Bertz CT molecular complexity index is 441. The van der Waals surface area contributed by atoms with E-state index in [0.29, 0.717) is 13.2 Å². The number of rotatable bonds is 9. The van der Waals surface area contributed by atoms with E-state index in [9.17, 15) is 0 Å². The average molecular weight is 307 g/mol. The first-order chi connectivity index (χ1) is 10.7. The van der Waals surface area contributed by atoms with Crippen LogP contribution in [0.2, 0.25) is 0 Å². The minimum atomic E-state index is 0.600. The SMILES string of the molecule is CCOCCCNC(=NC)NCCOc1cc(C)cc(C)c1. The fourth-order valence-electron chi connectivity index (χ4n) is 2.10. The molecule has 2 N–H and O–H groups in total. The topological polar surface area (TPSA) is 54.9 Å². The van der Waals surface area contributed by atoms with Crippen LogP contribution in [0.25, 0.3) is 0 Å². The minimum Gasteiger partial charge on any atom is -0.492 e. The van der Waals surface area contributed by atoms with Gasteiger partial charge in [-0.05, 0) is 50.5 Å². The highest BCUT2D eigenvalue weighted by Crippen LogP contribution is 2.15. The van der Waals surface area contributed by atoms with Crippen LogP contribution in [0, 0.1) is 13.8 Å². The normalized spacial score (nSPS) is 11.4. The highest BCUT2D eigenvalue weighted by atomic mass is 16.5. The highest BCUT2D eigenvalue weighted by Gasteiger charge is 1.99. The van der Waals surface area contributed by atoms with E-state index >= 15 is 0 Å². The van der Waals surface area contributed by atoms with Crippen LogP contribution in [-0.2, 0) is 4.74 Å². The second-order valence-electron chi connectivity index (χ2n) is 5.15. The lowest BCUT2D eigenvalue weighted by atomic mass is 10.1. The van der Waals surface area contributed by atoms with Crippen molar-refractivity contribution in [3.63, 3.8) is 0 Å². The van der Waals surface area contributed by atoms with Crippen molar-refractivity contribution >= 4 is 5.96 Å². The predicted molar refractivity (Wildman–Crippen MR) is 91.9 cm³/mol. The van der Waals surface area contributed by atoms with Crippen molar-refractivity contribution < 1.29 is 9.47 Å². The Morgan fingerprint density at radius 2 is 1.73 bits per heavy atom. The molecule has 0 aliphatic rings. The van der Waals surface area contributed by atoms with Crippen LogP contribution in [0.5, 0.6) is 5.75 Å². The van der Waals surface area contributed by atoms with Crippen LogP contribution in [0.4, 0.5) is 0 Å². The van der Waals surface area contributed by atoms with E-state index in [2.05, 4.69) is 35.5 Å². The maximum absolute atomic E-state index is 5.75. The number of aliphatic imine (C=N–C) groups is 1. The summed E-state index contributed by atoms with van der Waals surface area (Å²) in [6.45, 7) is 9.85. The highest BCUT2D eigenvalue weighted by molar-refractivity contribution is 5.79. The summed E-state index contributed by atoms with van der Waals surface area (Å²) in [6, 6.07) is 6.24. The molecule has 0 saturated heterocycles. The lowest BCUT2D eigenvalue weighted by Crippen LogP contribution is -2.39. The average Bonchev–Trinajstić information content (AvgIpc) is 2.48. The van der Waals surface area contributed by atoms with E-state index in [1.165, 1.54) is 11.1 Å². The van der Waals surface area contributed by atoms with Gasteiger partial charge in [0.1, 0.15) is 12.4 Å². The van der Waals surface area contributed by atoms with E-state index in [1.807, 2.05) is 19.1 Å². The molecule has 0 bridgehead atoms. The van der Waals surface area contributed by atoms with Gasteiger partial charge in [-0.25, -0.2) is 0 Å². The molecule has 0 radical (unpaired) electrons. The van der Waals surface area contributed by atoms with Gasteiger partial charge in [-0.15, -0.1) is 0 Å². The number of aryl methyl sites for hydroxylation is 2. The first-order valence-corrected chi connectivity index (χ1v) is 7.89. The summed E-state index contributed by atoms with van der Waals surface area (Å²) in [7, 11) is 1.77. The molecule has 1 aromatic rings. The van der Waals surface area contributed by atoms with Crippen molar-refractivity contribution in [2.24, 2.45) is 4.99 Å². The fourth-order valence-corrected chi connectivity index (χ4v) is 2.10. The van der Waals surface area contributed by atoms with Gasteiger partial charge in [0.05, 0.1) is 6.54 Å². The van der Waals surface area contributed by atoms with Gasteiger partial charge in [-0.1, -0.05) is 6.07 Å². The zero-order chi connectivity index (χ0) is 16.2. The molecule has 0 atom stereocenters. The third kappa shape index (κ3) is 7.88. The van der Waals surface area contributed by atoms with Crippen molar-refractivity contribution in [1.82, 2.24) is 10.6 Å². The molecule has 0 aromatic heterocycles. The molecule has 0 unspecified atom stereocenters. The quantitative estimate of drug-likeness (QED) is 0.417. The maximum Gasteiger partial charge on any atom is 0.191 e. The van der Waals surface area contributed by atoms with Crippen molar-refractivity contribution in [1.29, 1.82) is 0 Å². The summed E-state index contributed by atoms with van der Waals surface area (Å²) in [5, 5.41) is 6.48. The van der Waals surface area contributed by atoms with E-state index in [-0.39, 0.29) is 0 Å². The van der Waals surface area contributed by atoms with E-state index in [0.717, 1.165) is 37.9 Å². The van der Waals surface area contributed by atoms with Crippen LogP contribution in [-0.4, -0.2) is 45.9 Å². The Balaban J connectivity index is 2.18. The lowest BCUT2D eigenvalue weighted by molar-refractivity contribution is 0.145. The Morgan fingerprint density at radius 3 is 2.36 bits per heavy atom. The Kier molecular flexibility index (Phi) is 9.07. The molecule has 124 valence electrons. The monoisotopic (exact) mass is 307 g/mol. The third-order valence-corrected chi connectivity index (χ3v) is 3.04. The van der Waals surface area contributed by atoms with Crippen molar-refractivity contribution in [3.8, 4) is 5.75 Å². The number of benzene rings is 1. The molecule has 0 saturated carbocycles. The van der Waals surface area contributed by atoms with Crippen molar-refractivity contribution in [2.75, 3.05) is 40.0 Å². The molecule has 0 fully saturated rings. The van der Waals surface area contributed by atoms with Gasteiger partial charge >= 0.3 is 0 Å².